The molecular formula is C13H14N2O2S. The molecule has 94 valence electrons. The zero-order valence-corrected chi connectivity index (χ0v) is 11.4. The zero-order valence-electron chi connectivity index (χ0n) is 10.6. The minimum Gasteiger partial charge on any atom is -0.294 e. The van der Waals surface area contributed by atoms with Crippen LogP contribution in [0.3, 0.4) is 0 Å². The summed E-state index contributed by atoms with van der Waals surface area (Å²) in [6.45, 7) is 3.71. The first-order chi connectivity index (χ1) is 8.47. The van der Waals surface area contributed by atoms with Gasteiger partial charge in [0.1, 0.15) is 0 Å². The first kappa shape index (κ1) is 12.7. The number of hydrogen-bond donors (Lipinski definition) is 0. The van der Waals surface area contributed by atoms with Gasteiger partial charge in [0, 0.05) is 18.1 Å². The second kappa shape index (κ2) is 4.86. The molecule has 0 amide bonds. The van der Waals surface area contributed by atoms with Crippen molar-refractivity contribution in [2.45, 2.75) is 20.3 Å². The molecule has 0 aliphatic rings. The maximum Gasteiger partial charge on any atom is 0.180 e. The van der Waals surface area contributed by atoms with Gasteiger partial charge in [0.15, 0.2) is 11.6 Å². The average molecular weight is 262 g/mol. The predicted octanol–water partition coefficient (Wildman–Crippen LogP) is 2.55. The number of Topliss-reactive ketones (excluding diaryl/α,β-unsaturated/α-hetero) is 2. The monoisotopic (exact) mass is 262 g/mol. The lowest BCUT2D eigenvalue weighted by Crippen LogP contribution is -2.07. The fraction of sp³-hybridized carbons (Fsp3) is 0.308. The minimum absolute atomic E-state index is 0.0908. The second-order valence-electron chi connectivity index (χ2n) is 4.24. The van der Waals surface area contributed by atoms with Crippen LogP contribution in [0.5, 0.6) is 0 Å². The van der Waals surface area contributed by atoms with Crippen LogP contribution in [0.4, 0.5) is 0 Å². The van der Waals surface area contributed by atoms with Crippen molar-refractivity contribution in [1.82, 2.24) is 9.78 Å². The summed E-state index contributed by atoms with van der Waals surface area (Å²) in [6, 6.07) is 3.66. The Hall–Kier alpha value is -1.75. The van der Waals surface area contributed by atoms with Gasteiger partial charge in [-0.3, -0.25) is 14.3 Å². The van der Waals surface area contributed by atoms with Crippen molar-refractivity contribution in [2.24, 2.45) is 7.05 Å². The number of rotatable bonds is 4. The highest BCUT2D eigenvalue weighted by atomic mass is 32.1. The van der Waals surface area contributed by atoms with Crippen molar-refractivity contribution in [3.63, 3.8) is 0 Å². The number of carbonyl (C=O) groups excluding carboxylic acids is 2. The van der Waals surface area contributed by atoms with Crippen LogP contribution in [0.2, 0.25) is 0 Å². The van der Waals surface area contributed by atoms with E-state index in [9.17, 15) is 9.59 Å². The Labute approximate surface area is 109 Å². The molecule has 0 atom stereocenters. The average Bonchev–Trinajstić information content (AvgIpc) is 2.84. The van der Waals surface area contributed by atoms with E-state index >= 15 is 0 Å². The third kappa shape index (κ3) is 2.56. The lowest BCUT2D eigenvalue weighted by Gasteiger charge is -1.97. The van der Waals surface area contributed by atoms with E-state index < -0.39 is 0 Å². The number of thiophene rings is 1. The molecule has 2 aromatic heterocycles. The fourth-order valence-electron chi connectivity index (χ4n) is 1.79. The van der Waals surface area contributed by atoms with E-state index in [1.807, 2.05) is 13.0 Å². The van der Waals surface area contributed by atoms with Gasteiger partial charge in [-0.25, -0.2) is 0 Å². The quantitative estimate of drug-likeness (QED) is 0.628. The van der Waals surface area contributed by atoms with Crippen molar-refractivity contribution >= 4 is 22.9 Å². The summed E-state index contributed by atoms with van der Waals surface area (Å²) in [7, 11) is 1.76. The number of carbonyl (C=O) groups is 2. The summed E-state index contributed by atoms with van der Waals surface area (Å²) >= 11 is 1.42. The molecule has 0 unspecified atom stereocenters. The number of aryl methyl sites for hydroxylation is 3. The fourth-order valence-corrected chi connectivity index (χ4v) is 2.59. The third-order valence-electron chi connectivity index (χ3n) is 2.65. The summed E-state index contributed by atoms with van der Waals surface area (Å²) in [5.41, 5.74) is 1.19. The molecule has 0 radical (unpaired) electrons. The van der Waals surface area contributed by atoms with Gasteiger partial charge in [0.25, 0.3) is 0 Å². The van der Waals surface area contributed by atoms with E-state index in [1.165, 1.54) is 11.3 Å². The number of hydrogen-bond acceptors (Lipinski definition) is 4. The van der Waals surface area contributed by atoms with Gasteiger partial charge < -0.3 is 0 Å². The lowest BCUT2D eigenvalue weighted by atomic mass is 10.1. The highest BCUT2D eigenvalue weighted by Crippen LogP contribution is 2.18. The highest BCUT2D eigenvalue weighted by Gasteiger charge is 2.18. The minimum atomic E-state index is -0.170. The van der Waals surface area contributed by atoms with Crippen LogP contribution < -0.4 is 0 Å². The van der Waals surface area contributed by atoms with Crippen LogP contribution in [-0.2, 0) is 7.05 Å². The lowest BCUT2D eigenvalue weighted by molar-refractivity contribution is 0.0896. The Balaban J connectivity index is 2.13. The molecule has 5 heteroatoms. The van der Waals surface area contributed by atoms with E-state index in [1.54, 1.807) is 30.9 Å². The van der Waals surface area contributed by atoms with Crippen LogP contribution in [0.25, 0.3) is 0 Å². The molecule has 0 fully saturated rings. The Morgan fingerprint density at radius 2 is 2.00 bits per heavy atom. The van der Waals surface area contributed by atoms with E-state index in [0.717, 1.165) is 4.88 Å². The van der Waals surface area contributed by atoms with E-state index in [-0.39, 0.29) is 18.0 Å². The molecular weight excluding hydrogens is 248 g/mol. The largest absolute Gasteiger partial charge is 0.294 e. The Morgan fingerprint density at radius 1 is 1.28 bits per heavy atom. The van der Waals surface area contributed by atoms with Crippen molar-refractivity contribution in [2.75, 3.05) is 0 Å². The van der Waals surface area contributed by atoms with Gasteiger partial charge in [-0.2, -0.15) is 5.10 Å². The summed E-state index contributed by atoms with van der Waals surface area (Å²) in [6.07, 6.45) is 1.57. The predicted molar refractivity (Wildman–Crippen MR) is 70.3 cm³/mol. The van der Waals surface area contributed by atoms with Gasteiger partial charge in [-0.05, 0) is 26.0 Å². The summed E-state index contributed by atoms with van der Waals surface area (Å²) in [4.78, 5) is 25.6. The highest BCUT2D eigenvalue weighted by molar-refractivity contribution is 7.14. The van der Waals surface area contributed by atoms with E-state index in [0.29, 0.717) is 16.1 Å². The van der Waals surface area contributed by atoms with Gasteiger partial charge >= 0.3 is 0 Å². The van der Waals surface area contributed by atoms with Crippen molar-refractivity contribution in [3.8, 4) is 0 Å². The van der Waals surface area contributed by atoms with Crippen LogP contribution in [0.15, 0.2) is 18.3 Å². The van der Waals surface area contributed by atoms with E-state index in [2.05, 4.69) is 5.10 Å². The molecule has 0 bridgehead atoms. The van der Waals surface area contributed by atoms with Crippen LogP contribution in [0.1, 0.15) is 37.0 Å². The zero-order chi connectivity index (χ0) is 13.3. The van der Waals surface area contributed by atoms with Gasteiger partial charge in [-0.15, -0.1) is 11.3 Å². The van der Waals surface area contributed by atoms with Gasteiger partial charge in [0.05, 0.1) is 22.6 Å². The summed E-state index contributed by atoms with van der Waals surface area (Å²) < 4.78 is 1.59. The summed E-state index contributed by atoms with van der Waals surface area (Å²) in [5.74, 6) is -0.294. The molecule has 0 aromatic carbocycles. The molecule has 2 rings (SSSR count). The van der Waals surface area contributed by atoms with Crippen molar-refractivity contribution in [3.05, 3.63) is 39.3 Å². The Bertz CT molecular complexity index is 610. The molecule has 0 N–H and O–H groups in total. The van der Waals surface area contributed by atoms with Crippen LogP contribution >= 0.6 is 11.3 Å². The van der Waals surface area contributed by atoms with Crippen molar-refractivity contribution < 1.29 is 9.59 Å². The number of nitrogens with zero attached hydrogens (tertiary/aromatic N) is 2. The second-order valence-corrected chi connectivity index (χ2v) is 5.52. The van der Waals surface area contributed by atoms with Gasteiger partial charge in [0.2, 0.25) is 0 Å². The Kier molecular flexibility index (Phi) is 3.43. The third-order valence-corrected chi connectivity index (χ3v) is 3.69. The SMILES string of the molecule is Cc1ccc(C(=O)CC(=O)c2cn(C)nc2C)s1. The van der Waals surface area contributed by atoms with Crippen molar-refractivity contribution in [1.29, 1.82) is 0 Å². The topological polar surface area (TPSA) is 52.0 Å². The van der Waals surface area contributed by atoms with Crippen LogP contribution in [0, 0.1) is 13.8 Å². The first-order valence-corrected chi connectivity index (χ1v) is 6.42. The summed E-state index contributed by atoms with van der Waals surface area (Å²) in [5, 5.41) is 4.10. The molecule has 0 saturated heterocycles. The molecule has 0 spiro atoms. The first-order valence-electron chi connectivity index (χ1n) is 5.60. The number of aromatic nitrogens is 2. The molecule has 18 heavy (non-hydrogen) atoms. The molecule has 0 aliphatic heterocycles. The normalized spacial score (nSPS) is 10.6. The molecule has 2 heterocycles. The van der Waals surface area contributed by atoms with Gasteiger partial charge in [-0.1, -0.05) is 0 Å². The maximum atomic E-state index is 12.0. The molecule has 0 saturated carbocycles. The molecule has 4 nitrogen and oxygen atoms in total. The molecule has 0 aliphatic carbocycles. The van der Waals surface area contributed by atoms with E-state index in [4.69, 9.17) is 0 Å². The molecule has 2 aromatic rings. The number of ketones is 2. The smallest absolute Gasteiger partial charge is 0.180 e. The van der Waals surface area contributed by atoms with Crippen LogP contribution in [-0.4, -0.2) is 21.3 Å². The Morgan fingerprint density at radius 3 is 2.50 bits per heavy atom. The standard InChI is InChI=1S/C13H14N2O2S/c1-8-4-5-13(18-8)12(17)6-11(16)10-7-15(3)14-9(10)2/h4-5,7H,6H2,1-3H3. The maximum absolute atomic E-state index is 12.0.